The van der Waals surface area contributed by atoms with Crippen molar-refractivity contribution in [3.05, 3.63) is 52.3 Å². The summed E-state index contributed by atoms with van der Waals surface area (Å²) in [5.74, 6) is 0.0683. The number of benzene rings is 1. The van der Waals surface area contributed by atoms with Crippen molar-refractivity contribution in [2.45, 2.75) is 19.8 Å². The van der Waals surface area contributed by atoms with Gasteiger partial charge in [-0.2, -0.15) is 0 Å². The van der Waals surface area contributed by atoms with Crippen LogP contribution in [-0.4, -0.2) is 28.9 Å². The Morgan fingerprint density at radius 1 is 1.18 bits per heavy atom. The molecular weight excluding hydrogens is 342 g/mol. The fraction of sp³-hybridized carbons (Fsp3) is 0.294. The van der Waals surface area contributed by atoms with Gasteiger partial charge < -0.3 is 10.2 Å². The number of rotatable bonds is 3. The summed E-state index contributed by atoms with van der Waals surface area (Å²) in [7, 11) is 0. The first-order valence-corrected chi connectivity index (χ1v) is 8.20. The van der Waals surface area contributed by atoms with Crippen molar-refractivity contribution in [2.75, 3.05) is 18.4 Å². The molecule has 0 bridgehead atoms. The molecule has 22 heavy (non-hydrogen) atoms. The molecule has 1 N–H and O–H groups in total. The maximum atomic E-state index is 12.4. The van der Waals surface area contributed by atoms with Crippen LogP contribution in [0.3, 0.4) is 0 Å². The molecule has 1 aliphatic rings. The topological polar surface area (TPSA) is 45.2 Å². The van der Waals surface area contributed by atoms with Gasteiger partial charge in [-0.3, -0.25) is 9.78 Å². The van der Waals surface area contributed by atoms with Crippen molar-refractivity contribution in [1.29, 1.82) is 0 Å². The molecule has 1 fully saturated rings. The summed E-state index contributed by atoms with van der Waals surface area (Å²) in [5, 5.41) is 3.29. The number of nitrogens with zero attached hydrogens (tertiary/aromatic N) is 2. The minimum Gasteiger partial charge on any atom is -0.354 e. The molecule has 1 saturated heterocycles. The Kier molecular flexibility index (Phi) is 4.43. The molecular formula is C17H18BrN3O. The highest BCUT2D eigenvalue weighted by atomic mass is 79.9. The molecule has 0 radical (unpaired) electrons. The molecule has 1 aliphatic heterocycles. The summed E-state index contributed by atoms with van der Waals surface area (Å²) in [5.41, 5.74) is 3.60. The van der Waals surface area contributed by atoms with Gasteiger partial charge in [-0.1, -0.05) is 22.0 Å². The predicted molar refractivity (Wildman–Crippen MR) is 91.5 cm³/mol. The van der Waals surface area contributed by atoms with Gasteiger partial charge in [-0.25, -0.2) is 0 Å². The highest BCUT2D eigenvalue weighted by molar-refractivity contribution is 9.10. The number of amides is 1. The van der Waals surface area contributed by atoms with Gasteiger partial charge in [0.1, 0.15) is 0 Å². The predicted octanol–water partition coefficient (Wildman–Crippen LogP) is 4.13. The quantitative estimate of drug-likeness (QED) is 0.895. The molecule has 0 atom stereocenters. The van der Waals surface area contributed by atoms with Crippen LogP contribution in [0.25, 0.3) is 0 Å². The van der Waals surface area contributed by atoms with Crippen molar-refractivity contribution in [3.8, 4) is 0 Å². The lowest BCUT2D eigenvalue weighted by Gasteiger charge is -2.15. The minimum absolute atomic E-state index is 0.0683. The molecule has 5 heteroatoms. The lowest BCUT2D eigenvalue weighted by Crippen LogP contribution is -2.27. The lowest BCUT2D eigenvalue weighted by molar-refractivity contribution is 0.0792. The highest BCUT2D eigenvalue weighted by Gasteiger charge is 2.19. The molecule has 3 rings (SSSR count). The van der Waals surface area contributed by atoms with Crippen LogP contribution in [0.2, 0.25) is 0 Å². The molecule has 0 spiro atoms. The van der Waals surface area contributed by atoms with Crippen molar-refractivity contribution in [3.63, 3.8) is 0 Å². The molecule has 1 aromatic carbocycles. The molecule has 0 unspecified atom stereocenters. The van der Waals surface area contributed by atoms with Gasteiger partial charge in [0, 0.05) is 29.4 Å². The zero-order chi connectivity index (χ0) is 15.5. The van der Waals surface area contributed by atoms with E-state index >= 15 is 0 Å². The molecule has 1 amide bonds. The molecule has 0 saturated carbocycles. The first-order valence-electron chi connectivity index (χ1n) is 7.41. The maximum absolute atomic E-state index is 12.4. The van der Waals surface area contributed by atoms with E-state index in [-0.39, 0.29) is 5.91 Å². The maximum Gasteiger partial charge on any atom is 0.255 e. The molecule has 1 aromatic heterocycles. The van der Waals surface area contributed by atoms with Crippen LogP contribution in [0.5, 0.6) is 0 Å². The largest absolute Gasteiger partial charge is 0.354 e. The zero-order valence-corrected chi connectivity index (χ0v) is 14.1. The Bertz CT molecular complexity index is 696. The number of carbonyl (C=O) groups is 1. The first kappa shape index (κ1) is 15.0. The third-order valence-electron chi connectivity index (χ3n) is 3.84. The second-order valence-corrected chi connectivity index (χ2v) is 6.40. The van der Waals surface area contributed by atoms with E-state index in [9.17, 15) is 4.79 Å². The smallest absolute Gasteiger partial charge is 0.255 e. The van der Waals surface area contributed by atoms with E-state index < -0.39 is 0 Å². The van der Waals surface area contributed by atoms with Gasteiger partial charge >= 0.3 is 0 Å². The Hall–Kier alpha value is -1.88. The number of anilines is 2. The van der Waals surface area contributed by atoms with Gasteiger partial charge in [-0.15, -0.1) is 0 Å². The SMILES string of the molecule is Cc1ccc(Nc2cncc(C(=O)N3CCCC3)c2)cc1Br. The molecule has 4 nitrogen and oxygen atoms in total. The number of halogens is 1. The third-order valence-corrected chi connectivity index (χ3v) is 4.69. The number of hydrogen-bond donors (Lipinski definition) is 1. The third kappa shape index (κ3) is 3.30. The van der Waals surface area contributed by atoms with Crippen molar-refractivity contribution in [2.24, 2.45) is 0 Å². The summed E-state index contributed by atoms with van der Waals surface area (Å²) in [4.78, 5) is 18.5. The van der Waals surface area contributed by atoms with Crippen LogP contribution in [0.1, 0.15) is 28.8 Å². The summed E-state index contributed by atoms with van der Waals surface area (Å²) in [6, 6.07) is 7.93. The van der Waals surface area contributed by atoms with E-state index in [1.807, 2.05) is 36.1 Å². The van der Waals surface area contributed by atoms with Gasteiger partial charge in [0.2, 0.25) is 0 Å². The number of aryl methyl sites for hydroxylation is 1. The summed E-state index contributed by atoms with van der Waals surface area (Å²) in [6.07, 6.45) is 5.55. The Morgan fingerprint density at radius 3 is 2.68 bits per heavy atom. The normalized spacial score (nSPS) is 14.2. The average molecular weight is 360 g/mol. The van der Waals surface area contributed by atoms with Crippen molar-refractivity contribution >= 4 is 33.2 Å². The van der Waals surface area contributed by atoms with Gasteiger partial charge in [0.25, 0.3) is 5.91 Å². The molecule has 2 heterocycles. The number of hydrogen-bond acceptors (Lipinski definition) is 3. The van der Waals surface area contributed by atoms with Crippen LogP contribution in [0.4, 0.5) is 11.4 Å². The lowest BCUT2D eigenvalue weighted by atomic mass is 10.2. The van der Waals surface area contributed by atoms with E-state index in [4.69, 9.17) is 0 Å². The van der Waals surface area contributed by atoms with Crippen molar-refractivity contribution in [1.82, 2.24) is 9.88 Å². The standard InChI is InChI=1S/C17H18BrN3O/c1-12-4-5-14(9-16(12)18)20-15-8-13(10-19-11-15)17(22)21-6-2-3-7-21/h4-5,8-11,20H,2-3,6-7H2,1H3. The Balaban J connectivity index is 1.78. The Morgan fingerprint density at radius 2 is 1.95 bits per heavy atom. The second kappa shape index (κ2) is 6.48. The van der Waals surface area contributed by atoms with E-state index in [2.05, 4.69) is 26.2 Å². The van der Waals surface area contributed by atoms with E-state index in [1.54, 1.807) is 12.4 Å². The van der Waals surface area contributed by atoms with Crippen LogP contribution in [-0.2, 0) is 0 Å². The Labute approximate surface area is 138 Å². The fourth-order valence-corrected chi connectivity index (χ4v) is 2.94. The number of pyridine rings is 1. The van der Waals surface area contributed by atoms with Crippen molar-refractivity contribution < 1.29 is 4.79 Å². The minimum atomic E-state index is 0.0683. The highest BCUT2D eigenvalue weighted by Crippen LogP contribution is 2.24. The number of likely N-dealkylation sites (tertiary alicyclic amines) is 1. The zero-order valence-electron chi connectivity index (χ0n) is 12.5. The average Bonchev–Trinajstić information content (AvgIpc) is 3.05. The van der Waals surface area contributed by atoms with Crippen LogP contribution in [0.15, 0.2) is 41.1 Å². The monoisotopic (exact) mass is 359 g/mol. The van der Waals surface area contributed by atoms with E-state index in [0.29, 0.717) is 5.56 Å². The number of aromatic nitrogens is 1. The number of carbonyl (C=O) groups excluding carboxylic acids is 1. The van der Waals surface area contributed by atoms with E-state index in [1.165, 1.54) is 5.56 Å². The fourth-order valence-electron chi connectivity index (χ4n) is 2.57. The van der Waals surface area contributed by atoms with Gasteiger partial charge in [-0.05, 0) is 43.5 Å². The number of nitrogens with one attached hydrogen (secondary N) is 1. The van der Waals surface area contributed by atoms with E-state index in [0.717, 1.165) is 41.8 Å². The van der Waals surface area contributed by atoms with Crippen LogP contribution in [0, 0.1) is 6.92 Å². The van der Waals surface area contributed by atoms with Crippen LogP contribution >= 0.6 is 15.9 Å². The summed E-state index contributed by atoms with van der Waals surface area (Å²) >= 11 is 3.53. The van der Waals surface area contributed by atoms with Gasteiger partial charge in [0.15, 0.2) is 0 Å². The second-order valence-electron chi connectivity index (χ2n) is 5.55. The summed E-state index contributed by atoms with van der Waals surface area (Å²) < 4.78 is 1.05. The molecule has 2 aromatic rings. The van der Waals surface area contributed by atoms with Crippen LogP contribution < -0.4 is 5.32 Å². The first-order chi connectivity index (χ1) is 10.6. The molecule has 114 valence electrons. The summed E-state index contributed by atoms with van der Waals surface area (Å²) in [6.45, 7) is 3.74. The van der Waals surface area contributed by atoms with Gasteiger partial charge in [0.05, 0.1) is 17.4 Å². The molecule has 0 aliphatic carbocycles.